The summed E-state index contributed by atoms with van der Waals surface area (Å²) in [6.07, 6.45) is 0. The van der Waals surface area contributed by atoms with Crippen LogP contribution in [-0.4, -0.2) is 66.9 Å². The first kappa shape index (κ1) is 23.5. The summed E-state index contributed by atoms with van der Waals surface area (Å²) in [5.74, 6) is -0.318. The minimum Gasteiger partial charge on any atom is -0.292 e. The van der Waals surface area contributed by atoms with Crippen LogP contribution in [0.1, 0.15) is 18.1 Å². The molecule has 1 aliphatic rings. The number of hydrazone groups is 1. The summed E-state index contributed by atoms with van der Waals surface area (Å²) < 4.78 is 27.0. The van der Waals surface area contributed by atoms with Gasteiger partial charge in [-0.15, -0.1) is 0 Å². The molecule has 1 fully saturated rings. The number of amides is 1. The van der Waals surface area contributed by atoms with E-state index >= 15 is 0 Å². The van der Waals surface area contributed by atoms with E-state index in [0.29, 0.717) is 37.5 Å². The van der Waals surface area contributed by atoms with Crippen LogP contribution in [-0.2, 0) is 14.8 Å². The summed E-state index contributed by atoms with van der Waals surface area (Å²) in [5, 5.41) is 14.8. The van der Waals surface area contributed by atoms with Gasteiger partial charge in [0.05, 0.1) is 22.1 Å². The second-order valence-corrected chi connectivity index (χ2v) is 9.47. The SMILES string of the molecule is CC(=NNC(=O)CN1CCN(S(=O)(=O)c2ccc(C)cc2)CC1)c1ccc([N+](=O)[O-])cc1. The third-order valence-electron chi connectivity index (χ3n) is 5.20. The molecule has 10 nitrogen and oxygen atoms in total. The Morgan fingerprint density at radius 3 is 2.22 bits per heavy atom. The Hall–Kier alpha value is -3.15. The van der Waals surface area contributed by atoms with Gasteiger partial charge in [-0.2, -0.15) is 9.41 Å². The number of carbonyl (C=O) groups excluding carboxylic acids is 1. The first-order valence-corrected chi connectivity index (χ1v) is 11.5. The summed E-state index contributed by atoms with van der Waals surface area (Å²) in [7, 11) is -3.55. The first-order chi connectivity index (χ1) is 15.2. The molecule has 0 radical (unpaired) electrons. The van der Waals surface area contributed by atoms with Gasteiger partial charge in [0.15, 0.2) is 0 Å². The highest BCUT2D eigenvalue weighted by Crippen LogP contribution is 2.18. The summed E-state index contributed by atoms with van der Waals surface area (Å²) >= 11 is 0. The quantitative estimate of drug-likeness (QED) is 0.382. The minimum absolute atomic E-state index is 0.0193. The molecule has 2 aromatic rings. The average Bonchev–Trinajstić information content (AvgIpc) is 2.78. The predicted octanol–water partition coefficient (Wildman–Crippen LogP) is 1.75. The van der Waals surface area contributed by atoms with E-state index in [0.717, 1.165) is 5.56 Å². The minimum atomic E-state index is -3.55. The number of aryl methyl sites for hydroxylation is 1. The zero-order valence-electron chi connectivity index (χ0n) is 17.9. The molecule has 170 valence electrons. The van der Waals surface area contributed by atoms with Crippen LogP contribution in [0.2, 0.25) is 0 Å². The molecule has 1 amide bonds. The maximum atomic E-state index is 12.8. The molecule has 0 atom stereocenters. The fourth-order valence-electron chi connectivity index (χ4n) is 3.26. The van der Waals surface area contributed by atoms with Gasteiger partial charge in [-0.1, -0.05) is 17.7 Å². The largest absolute Gasteiger partial charge is 0.292 e. The Morgan fingerprint density at radius 1 is 1.06 bits per heavy atom. The van der Waals surface area contributed by atoms with Crippen molar-refractivity contribution in [3.05, 3.63) is 69.8 Å². The van der Waals surface area contributed by atoms with Gasteiger partial charge in [0, 0.05) is 38.3 Å². The molecule has 1 heterocycles. The van der Waals surface area contributed by atoms with E-state index in [4.69, 9.17) is 0 Å². The Morgan fingerprint density at radius 2 is 1.66 bits per heavy atom. The van der Waals surface area contributed by atoms with Crippen LogP contribution in [0.3, 0.4) is 0 Å². The molecule has 3 rings (SSSR count). The second-order valence-electron chi connectivity index (χ2n) is 7.53. The first-order valence-electron chi connectivity index (χ1n) is 10.0. The van der Waals surface area contributed by atoms with E-state index in [2.05, 4.69) is 10.5 Å². The zero-order chi connectivity index (χ0) is 23.3. The highest BCUT2D eigenvalue weighted by molar-refractivity contribution is 7.89. The van der Waals surface area contributed by atoms with Gasteiger partial charge in [-0.3, -0.25) is 19.8 Å². The van der Waals surface area contributed by atoms with Crippen LogP contribution in [0.25, 0.3) is 0 Å². The van der Waals surface area contributed by atoms with E-state index in [9.17, 15) is 23.3 Å². The molecule has 2 aromatic carbocycles. The topological polar surface area (TPSA) is 125 Å². The molecule has 0 bridgehead atoms. The van der Waals surface area contributed by atoms with E-state index in [1.807, 2.05) is 11.8 Å². The molecule has 0 unspecified atom stereocenters. The number of benzene rings is 2. The van der Waals surface area contributed by atoms with Crippen LogP contribution in [0, 0.1) is 17.0 Å². The molecule has 0 saturated carbocycles. The fourth-order valence-corrected chi connectivity index (χ4v) is 4.68. The lowest BCUT2D eigenvalue weighted by atomic mass is 10.1. The van der Waals surface area contributed by atoms with E-state index in [1.165, 1.54) is 16.4 Å². The number of nitrogens with one attached hydrogen (secondary N) is 1. The van der Waals surface area contributed by atoms with Gasteiger partial charge >= 0.3 is 0 Å². The molecule has 0 aromatic heterocycles. The third kappa shape index (κ3) is 5.75. The lowest BCUT2D eigenvalue weighted by molar-refractivity contribution is -0.384. The van der Waals surface area contributed by atoms with E-state index < -0.39 is 14.9 Å². The van der Waals surface area contributed by atoms with Crippen molar-refractivity contribution in [2.75, 3.05) is 32.7 Å². The molecule has 0 spiro atoms. The van der Waals surface area contributed by atoms with Crippen LogP contribution in [0.4, 0.5) is 5.69 Å². The number of sulfonamides is 1. The third-order valence-corrected chi connectivity index (χ3v) is 7.11. The standard InChI is InChI=1S/C21H25N5O5S/c1-16-3-9-20(10-4-16)32(30,31)25-13-11-24(12-14-25)15-21(27)23-22-17(2)18-5-7-19(8-6-18)26(28)29/h3-10H,11-15H2,1-2H3,(H,23,27). The van der Waals surface area contributed by atoms with Crippen molar-refractivity contribution in [3.63, 3.8) is 0 Å². The Bertz CT molecular complexity index is 1110. The number of carbonyl (C=O) groups is 1. The average molecular weight is 460 g/mol. The van der Waals surface area contributed by atoms with Gasteiger partial charge in [0.1, 0.15) is 0 Å². The maximum Gasteiger partial charge on any atom is 0.269 e. The van der Waals surface area contributed by atoms with Crippen LogP contribution in [0.5, 0.6) is 0 Å². The van der Waals surface area contributed by atoms with Gasteiger partial charge < -0.3 is 0 Å². The normalized spacial score (nSPS) is 16.0. The summed E-state index contributed by atoms with van der Waals surface area (Å²) in [5.41, 5.74) is 4.63. The van der Waals surface area contributed by atoms with Gasteiger partial charge in [0.25, 0.3) is 11.6 Å². The summed E-state index contributed by atoms with van der Waals surface area (Å²) in [4.78, 5) is 24.6. The van der Waals surface area contributed by atoms with Crippen molar-refractivity contribution in [2.24, 2.45) is 5.10 Å². The number of hydrogen-bond donors (Lipinski definition) is 1. The van der Waals surface area contributed by atoms with Crippen molar-refractivity contribution in [1.82, 2.24) is 14.6 Å². The Kier molecular flexibility index (Phi) is 7.33. The number of non-ortho nitro benzene ring substituents is 1. The number of nitrogens with zero attached hydrogens (tertiary/aromatic N) is 4. The van der Waals surface area contributed by atoms with Gasteiger partial charge in [-0.05, 0) is 43.7 Å². The van der Waals surface area contributed by atoms with Crippen LogP contribution in [0.15, 0.2) is 58.5 Å². The molecule has 11 heteroatoms. The van der Waals surface area contributed by atoms with Gasteiger partial charge in [0.2, 0.25) is 10.0 Å². The number of hydrogen-bond acceptors (Lipinski definition) is 7. The lowest BCUT2D eigenvalue weighted by Gasteiger charge is -2.33. The molecule has 1 N–H and O–H groups in total. The van der Waals surface area contributed by atoms with Gasteiger partial charge in [-0.25, -0.2) is 13.8 Å². The molecule has 1 aliphatic heterocycles. The number of piperazine rings is 1. The maximum absolute atomic E-state index is 12.8. The van der Waals surface area contributed by atoms with Crippen molar-refractivity contribution >= 4 is 27.3 Å². The lowest BCUT2D eigenvalue weighted by Crippen LogP contribution is -2.50. The monoisotopic (exact) mass is 459 g/mol. The Labute approximate surface area is 186 Å². The summed E-state index contributed by atoms with van der Waals surface area (Å²) in [6, 6.07) is 12.6. The molecular weight excluding hydrogens is 434 g/mol. The second kappa shape index (κ2) is 9.98. The highest BCUT2D eigenvalue weighted by atomic mass is 32.2. The number of rotatable bonds is 7. The van der Waals surface area contributed by atoms with Crippen molar-refractivity contribution < 1.29 is 18.1 Å². The highest BCUT2D eigenvalue weighted by Gasteiger charge is 2.28. The molecule has 1 saturated heterocycles. The van der Waals surface area contributed by atoms with Crippen molar-refractivity contribution in [1.29, 1.82) is 0 Å². The molecular formula is C21H25N5O5S. The van der Waals surface area contributed by atoms with Crippen molar-refractivity contribution in [3.8, 4) is 0 Å². The Balaban J connectivity index is 1.50. The van der Waals surface area contributed by atoms with Crippen LogP contribution >= 0.6 is 0 Å². The van der Waals surface area contributed by atoms with E-state index in [-0.39, 0.29) is 23.0 Å². The van der Waals surface area contributed by atoms with Crippen LogP contribution < -0.4 is 5.43 Å². The molecule has 0 aliphatic carbocycles. The number of nitro groups is 1. The van der Waals surface area contributed by atoms with E-state index in [1.54, 1.807) is 43.3 Å². The zero-order valence-corrected chi connectivity index (χ0v) is 18.7. The fraction of sp³-hybridized carbons (Fsp3) is 0.333. The number of nitro benzene ring substituents is 1. The smallest absolute Gasteiger partial charge is 0.269 e. The summed E-state index contributed by atoms with van der Waals surface area (Å²) in [6.45, 7) is 5.15. The molecule has 32 heavy (non-hydrogen) atoms. The van der Waals surface area contributed by atoms with Crippen molar-refractivity contribution in [2.45, 2.75) is 18.7 Å². The predicted molar refractivity (Wildman–Crippen MR) is 120 cm³/mol.